The summed E-state index contributed by atoms with van der Waals surface area (Å²) in [7, 11) is 1.69. The molecule has 6 heteroatoms. The van der Waals surface area contributed by atoms with Gasteiger partial charge < -0.3 is 19.9 Å². The standard InChI is InChI=1S/C26H31N3O3/c1-32-23-11-5-9-19-13-16-28-22(24(19)23)17-21-20(25(28)30)10-6-15-29(21)26(31)27-14-12-18-7-3-2-4-8-18/h2-5,7-9,11,20-22H,6,10,12-17H2,1H3,(H,27,31)/t20-,21-,22-/m1/s1. The van der Waals surface area contributed by atoms with Gasteiger partial charge in [0, 0.05) is 31.2 Å². The van der Waals surface area contributed by atoms with Gasteiger partial charge in [-0.1, -0.05) is 42.5 Å². The van der Waals surface area contributed by atoms with E-state index in [1.165, 1.54) is 11.1 Å². The van der Waals surface area contributed by atoms with Crippen LogP contribution in [0.5, 0.6) is 5.75 Å². The zero-order valence-corrected chi connectivity index (χ0v) is 18.6. The summed E-state index contributed by atoms with van der Waals surface area (Å²) in [5, 5.41) is 3.10. The van der Waals surface area contributed by atoms with Gasteiger partial charge in [-0.3, -0.25) is 4.79 Å². The number of likely N-dealkylation sites (tertiary alicyclic amines) is 1. The zero-order valence-electron chi connectivity index (χ0n) is 18.6. The van der Waals surface area contributed by atoms with Gasteiger partial charge >= 0.3 is 6.03 Å². The van der Waals surface area contributed by atoms with Crippen LogP contribution < -0.4 is 10.1 Å². The lowest BCUT2D eigenvalue weighted by Gasteiger charge is -2.51. The minimum absolute atomic E-state index is 0.0265. The first-order chi connectivity index (χ1) is 15.7. The highest BCUT2D eigenvalue weighted by atomic mass is 16.5. The van der Waals surface area contributed by atoms with Crippen LogP contribution in [0, 0.1) is 5.92 Å². The summed E-state index contributed by atoms with van der Waals surface area (Å²) in [6.07, 6.45) is 4.16. The monoisotopic (exact) mass is 433 g/mol. The van der Waals surface area contributed by atoms with Crippen LogP contribution in [0.3, 0.4) is 0 Å². The number of carbonyl (C=O) groups excluding carboxylic acids is 2. The molecule has 2 fully saturated rings. The number of urea groups is 1. The van der Waals surface area contributed by atoms with Crippen molar-refractivity contribution >= 4 is 11.9 Å². The van der Waals surface area contributed by atoms with Crippen molar-refractivity contribution in [2.75, 3.05) is 26.7 Å². The van der Waals surface area contributed by atoms with Gasteiger partial charge in [-0.25, -0.2) is 4.79 Å². The van der Waals surface area contributed by atoms with Crippen LogP contribution >= 0.6 is 0 Å². The van der Waals surface area contributed by atoms with Gasteiger partial charge in [0.15, 0.2) is 0 Å². The number of hydrogen-bond donors (Lipinski definition) is 1. The molecule has 0 unspecified atom stereocenters. The molecule has 3 aliphatic heterocycles. The molecule has 3 heterocycles. The Morgan fingerprint density at radius 1 is 1.12 bits per heavy atom. The molecule has 0 radical (unpaired) electrons. The van der Waals surface area contributed by atoms with Crippen molar-refractivity contribution in [2.45, 2.75) is 44.2 Å². The normalized spacial score (nSPS) is 24.3. The Hall–Kier alpha value is -3.02. The largest absolute Gasteiger partial charge is 0.496 e. The van der Waals surface area contributed by atoms with Gasteiger partial charge in [-0.15, -0.1) is 0 Å². The van der Waals surface area contributed by atoms with E-state index in [1.54, 1.807) is 7.11 Å². The summed E-state index contributed by atoms with van der Waals surface area (Å²) >= 11 is 0. The van der Waals surface area contributed by atoms with E-state index in [-0.39, 0.29) is 29.9 Å². The third-order valence-corrected chi connectivity index (χ3v) is 7.35. The summed E-state index contributed by atoms with van der Waals surface area (Å²) < 4.78 is 5.67. The fraction of sp³-hybridized carbons (Fsp3) is 0.462. The van der Waals surface area contributed by atoms with Crippen LogP contribution in [0.1, 0.15) is 42.0 Å². The molecule has 3 atom stereocenters. The number of nitrogens with one attached hydrogen (secondary N) is 1. The highest BCUT2D eigenvalue weighted by Crippen LogP contribution is 2.46. The quantitative estimate of drug-likeness (QED) is 0.802. The van der Waals surface area contributed by atoms with E-state index in [4.69, 9.17) is 4.74 Å². The van der Waals surface area contributed by atoms with E-state index in [0.717, 1.165) is 50.0 Å². The molecule has 1 N–H and O–H groups in total. The number of piperidine rings is 2. The van der Waals surface area contributed by atoms with Crippen molar-refractivity contribution in [1.82, 2.24) is 15.1 Å². The molecule has 6 nitrogen and oxygen atoms in total. The fourth-order valence-corrected chi connectivity index (χ4v) is 5.82. The maximum Gasteiger partial charge on any atom is 0.317 e. The number of nitrogens with zero attached hydrogens (tertiary/aromatic N) is 2. The van der Waals surface area contributed by atoms with Crippen LogP contribution in [-0.4, -0.2) is 54.5 Å². The summed E-state index contributed by atoms with van der Waals surface area (Å²) in [6, 6.07) is 16.2. The van der Waals surface area contributed by atoms with Crippen LogP contribution in [0.25, 0.3) is 0 Å². The van der Waals surface area contributed by atoms with Crippen molar-refractivity contribution in [2.24, 2.45) is 5.92 Å². The molecule has 0 saturated carbocycles. The Morgan fingerprint density at radius 2 is 1.97 bits per heavy atom. The average Bonchev–Trinajstić information content (AvgIpc) is 2.84. The molecule has 3 aliphatic rings. The number of ether oxygens (including phenoxy) is 1. The van der Waals surface area contributed by atoms with E-state index < -0.39 is 0 Å². The van der Waals surface area contributed by atoms with E-state index in [0.29, 0.717) is 13.1 Å². The second-order valence-electron chi connectivity index (χ2n) is 9.04. The number of amides is 3. The smallest absolute Gasteiger partial charge is 0.317 e. The zero-order chi connectivity index (χ0) is 22.1. The Labute approximate surface area is 189 Å². The molecule has 0 bridgehead atoms. The first kappa shape index (κ1) is 20.9. The molecule has 168 valence electrons. The Balaban J connectivity index is 1.34. The highest BCUT2D eigenvalue weighted by molar-refractivity contribution is 5.84. The molecule has 5 rings (SSSR count). The molecule has 0 aromatic heterocycles. The predicted octanol–water partition coefficient (Wildman–Crippen LogP) is 3.56. The summed E-state index contributed by atoms with van der Waals surface area (Å²) in [5.74, 6) is 0.943. The first-order valence-corrected chi connectivity index (χ1v) is 11.7. The molecule has 0 aliphatic carbocycles. The van der Waals surface area contributed by atoms with E-state index >= 15 is 0 Å². The molecule has 32 heavy (non-hydrogen) atoms. The molecule has 3 amide bonds. The van der Waals surface area contributed by atoms with Crippen molar-refractivity contribution in [3.8, 4) is 5.75 Å². The average molecular weight is 434 g/mol. The molecular formula is C26H31N3O3. The molecule has 2 saturated heterocycles. The SMILES string of the molecule is COc1cccc2c1[C@H]1C[C@@H]3[C@@H](CCCN3C(=O)NCCc3ccccc3)C(=O)N1CC2. The van der Waals surface area contributed by atoms with Crippen molar-refractivity contribution < 1.29 is 14.3 Å². The number of fused-ring (bicyclic) bond motifs is 4. The second-order valence-corrected chi connectivity index (χ2v) is 9.04. The highest BCUT2D eigenvalue weighted by Gasteiger charge is 2.49. The topological polar surface area (TPSA) is 61.9 Å². The van der Waals surface area contributed by atoms with E-state index in [2.05, 4.69) is 23.5 Å². The maximum absolute atomic E-state index is 13.5. The van der Waals surface area contributed by atoms with Crippen molar-refractivity contribution in [3.05, 3.63) is 65.2 Å². The lowest BCUT2D eigenvalue weighted by Crippen LogP contribution is -2.61. The van der Waals surface area contributed by atoms with Crippen LogP contribution in [0.4, 0.5) is 4.79 Å². The summed E-state index contributed by atoms with van der Waals surface area (Å²) in [5.41, 5.74) is 3.59. The molecule has 0 spiro atoms. The van der Waals surface area contributed by atoms with Gasteiger partial charge in [0.25, 0.3) is 0 Å². The fourth-order valence-electron chi connectivity index (χ4n) is 5.82. The summed E-state index contributed by atoms with van der Waals surface area (Å²) in [4.78, 5) is 30.6. The molecule has 2 aromatic carbocycles. The van der Waals surface area contributed by atoms with Gasteiger partial charge in [-0.2, -0.15) is 0 Å². The molecule has 2 aromatic rings. The number of methoxy groups -OCH3 is 1. The van der Waals surface area contributed by atoms with Crippen molar-refractivity contribution in [3.63, 3.8) is 0 Å². The summed E-state index contributed by atoms with van der Waals surface area (Å²) in [6.45, 7) is 2.05. The molecular weight excluding hydrogens is 402 g/mol. The predicted molar refractivity (Wildman–Crippen MR) is 123 cm³/mol. The maximum atomic E-state index is 13.5. The minimum atomic E-state index is -0.101. The van der Waals surface area contributed by atoms with Gasteiger partial charge in [0.05, 0.1) is 19.1 Å². The van der Waals surface area contributed by atoms with Gasteiger partial charge in [0.1, 0.15) is 5.75 Å². The van der Waals surface area contributed by atoms with Crippen LogP contribution in [0.15, 0.2) is 48.5 Å². The van der Waals surface area contributed by atoms with Gasteiger partial charge in [-0.05, 0) is 49.3 Å². The van der Waals surface area contributed by atoms with E-state index in [1.807, 2.05) is 40.1 Å². The number of hydrogen-bond acceptors (Lipinski definition) is 3. The lowest BCUT2D eigenvalue weighted by molar-refractivity contribution is -0.148. The number of rotatable bonds is 4. The third kappa shape index (κ3) is 3.72. The Morgan fingerprint density at radius 3 is 2.78 bits per heavy atom. The second kappa shape index (κ2) is 8.85. The Kier molecular flexibility index (Phi) is 5.77. The van der Waals surface area contributed by atoms with Crippen LogP contribution in [0.2, 0.25) is 0 Å². The van der Waals surface area contributed by atoms with Crippen LogP contribution in [-0.2, 0) is 17.6 Å². The number of carbonyl (C=O) groups is 2. The van der Waals surface area contributed by atoms with Gasteiger partial charge in [0.2, 0.25) is 5.91 Å². The lowest BCUT2D eigenvalue weighted by atomic mass is 9.76. The third-order valence-electron chi connectivity index (χ3n) is 7.35. The minimum Gasteiger partial charge on any atom is -0.496 e. The van der Waals surface area contributed by atoms with Crippen molar-refractivity contribution in [1.29, 1.82) is 0 Å². The number of benzene rings is 2. The first-order valence-electron chi connectivity index (χ1n) is 11.7. The Bertz CT molecular complexity index is 979. The van der Waals surface area contributed by atoms with E-state index in [9.17, 15) is 9.59 Å².